The molecule has 0 fully saturated rings. The molecule has 0 aliphatic carbocycles. The van der Waals surface area contributed by atoms with Crippen LogP contribution >= 0.6 is 11.6 Å². The van der Waals surface area contributed by atoms with Crippen molar-refractivity contribution in [3.63, 3.8) is 0 Å². The van der Waals surface area contributed by atoms with Gasteiger partial charge >= 0.3 is 5.97 Å². The number of pyridine rings is 1. The lowest BCUT2D eigenvalue weighted by Gasteiger charge is -2.15. The molecule has 2 heterocycles. The van der Waals surface area contributed by atoms with Crippen LogP contribution in [0.15, 0.2) is 54.9 Å². The van der Waals surface area contributed by atoms with E-state index in [-0.39, 0.29) is 17.4 Å². The van der Waals surface area contributed by atoms with Gasteiger partial charge in [-0.25, -0.2) is 9.18 Å². The summed E-state index contributed by atoms with van der Waals surface area (Å²) in [7, 11) is 0. The van der Waals surface area contributed by atoms with Gasteiger partial charge in [0.15, 0.2) is 0 Å². The Labute approximate surface area is 166 Å². The number of fused-ring (bicyclic) bond motifs is 1. The van der Waals surface area contributed by atoms with Crippen molar-refractivity contribution in [3.05, 3.63) is 82.4 Å². The number of carboxylic acid groups (broad SMARTS) is 1. The molecule has 2 aromatic carbocycles. The van der Waals surface area contributed by atoms with E-state index in [0.717, 1.165) is 16.7 Å². The van der Waals surface area contributed by atoms with Crippen molar-refractivity contribution in [2.24, 2.45) is 0 Å². The van der Waals surface area contributed by atoms with Gasteiger partial charge in [0.2, 0.25) is 0 Å². The van der Waals surface area contributed by atoms with Crippen LogP contribution in [0.4, 0.5) is 10.1 Å². The summed E-state index contributed by atoms with van der Waals surface area (Å²) in [6.45, 7) is 1.16. The van der Waals surface area contributed by atoms with E-state index < -0.39 is 5.97 Å². The van der Waals surface area contributed by atoms with Gasteiger partial charge in [0.05, 0.1) is 23.5 Å². The number of carboxylic acids is 1. The normalized spacial score (nSPS) is 15.3. The van der Waals surface area contributed by atoms with Crippen molar-refractivity contribution in [1.29, 1.82) is 0 Å². The number of carbonyl (C=O) groups is 1. The van der Waals surface area contributed by atoms with Gasteiger partial charge in [-0.2, -0.15) is 0 Å². The molecule has 28 heavy (non-hydrogen) atoms. The number of aromatic carboxylic acids is 1. The average Bonchev–Trinajstić information content (AvgIpc) is 3.08. The number of halogens is 2. The van der Waals surface area contributed by atoms with E-state index in [4.69, 9.17) is 11.6 Å². The summed E-state index contributed by atoms with van der Waals surface area (Å²) in [5.74, 6) is -1.35. The fraction of sp³-hybridized carbons (Fsp3) is 0.143. The minimum absolute atomic E-state index is 0.0148. The quantitative estimate of drug-likeness (QED) is 0.591. The molecular weight excluding hydrogens is 381 g/mol. The smallest absolute Gasteiger partial charge is 0.337 e. The average molecular weight is 398 g/mol. The molecule has 0 amide bonds. The topological polar surface area (TPSA) is 74.2 Å². The van der Waals surface area contributed by atoms with Crippen LogP contribution in [-0.2, 0) is 6.54 Å². The zero-order chi connectivity index (χ0) is 19.7. The maximum atomic E-state index is 14.2. The van der Waals surface area contributed by atoms with Crippen molar-refractivity contribution in [1.82, 2.24) is 10.3 Å². The Balaban J connectivity index is 1.53. The first kappa shape index (κ1) is 18.4. The highest BCUT2D eigenvalue weighted by Gasteiger charge is 2.23. The first-order chi connectivity index (χ1) is 13.5. The highest BCUT2D eigenvalue weighted by molar-refractivity contribution is 6.30. The lowest BCUT2D eigenvalue weighted by Crippen LogP contribution is -2.22. The molecule has 5 nitrogen and oxygen atoms in total. The molecule has 3 aromatic rings. The van der Waals surface area contributed by atoms with Crippen molar-refractivity contribution in [2.45, 2.75) is 12.6 Å². The van der Waals surface area contributed by atoms with E-state index in [1.807, 2.05) is 18.2 Å². The third-order valence-corrected chi connectivity index (χ3v) is 5.08. The monoisotopic (exact) mass is 397 g/mol. The van der Waals surface area contributed by atoms with Gasteiger partial charge < -0.3 is 15.7 Å². The number of hydrogen-bond acceptors (Lipinski definition) is 4. The molecular formula is C21H17ClFN3O2. The molecule has 3 N–H and O–H groups in total. The number of rotatable bonds is 5. The highest BCUT2D eigenvalue weighted by Crippen LogP contribution is 2.32. The summed E-state index contributed by atoms with van der Waals surface area (Å²) in [5.41, 5.74) is 4.15. The van der Waals surface area contributed by atoms with Gasteiger partial charge in [-0.05, 0) is 47.0 Å². The third-order valence-electron chi connectivity index (χ3n) is 4.85. The molecule has 0 saturated heterocycles. The van der Waals surface area contributed by atoms with Crippen LogP contribution in [0.25, 0.3) is 11.1 Å². The molecule has 0 spiro atoms. The maximum Gasteiger partial charge on any atom is 0.337 e. The van der Waals surface area contributed by atoms with E-state index in [1.54, 1.807) is 12.1 Å². The maximum absolute atomic E-state index is 14.2. The minimum Gasteiger partial charge on any atom is -0.478 e. The fourth-order valence-electron chi connectivity index (χ4n) is 3.45. The summed E-state index contributed by atoms with van der Waals surface area (Å²) in [6, 6.07) is 12.0. The Morgan fingerprint density at radius 1 is 1.29 bits per heavy atom. The molecule has 1 aliphatic heterocycles. The predicted octanol–water partition coefficient (Wildman–Crippen LogP) is 4.50. The largest absolute Gasteiger partial charge is 0.478 e. The molecule has 1 aromatic heterocycles. The first-order valence-electron chi connectivity index (χ1n) is 8.76. The fourth-order valence-corrected chi connectivity index (χ4v) is 3.61. The Bertz CT molecular complexity index is 1060. The number of nitrogens with one attached hydrogen (secondary N) is 2. The van der Waals surface area contributed by atoms with Gasteiger partial charge in [-0.15, -0.1) is 0 Å². The second kappa shape index (κ2) is 7.58. The molecule has 4 rings (SSSR count). The van der Waals surface area contributed by atoms with Crippen LogP contribution < -0.4 is 10.6 Å². The third kappa shape index (κ3) is 3.56. The first-order valence-corrected chi connectivity index (χ1v) is 9.13. The molecule has 142 valence electrons. The number of benzene rings is 2. The predicted molar refractivity (Wildman–Crippen MR) is 106 cm³/mol. The van der Waals surface area contributed by atoms with Gasteiger partial charge in [0.25, 0.3) is 0 Å². The van der Waals surface area contributed by atoms with E-state index in [2.05, 4.69) is 15.6 Å². The molecule has 0 saturated carbocycles. The number of nitrogens with zero attached hydrogens (tertiary/aromatic N) is 1. The lowest BCUT2D eigenvalue weighted by molar-refractivity contribution is 0.0698. The Hall–Kier alpha value is -2.96. The van der Waals surface area contributed by atoms with Crippen molar-refractivity contribution in [3.8, 4) is 11.1 Å². The van der Waals surface area contributed by atoms with Gasteiger partial charge in [0.1, 0.15) is 5.82 Å². The van der Waals surface area contributed by atoms with Gasteiger partial charge in [-0.1, -0.05) is 23.7 Å². The summed E-state index contributed by atoms with van der Waals surface area (Å²) < 4.78 is 14.2. The van der Waals surface area contributed by atoms with Crippen molar-refractivity contribution in [2.75, 3.05) is 11.9 Å². The second-order valence-electron chi connectivity index (χ2n) is 6.58. The molecule has 0 radical (unpaired) electrons. The summed E-state index contributed by atoms with van der Waals surface area (Å²) in [6.07, 6.45) is 2.96. The Morgan fingerprint density at radius 2 is 2.14 bits per heavy atom. The van der Waals surface area contributed by atoms with E-state index in [1.165, 1.54) is 24.5 Å². The summed E-state index contributed by atoms with van der Waals surface area (Å²) in [5, 5.41) is 16.2. The van der Waals surface area contributed by atoms with E-state index in [0.29, 0.717) is 29.4 Å². The SMILES string of the molecule is O=C(O)c1ccncc1NC[C@@H]1NCc2cc(-c3ccc(Cl)cc3F)ccc21. The van der Waals surface area contributed by atoms with E-state index in [9.17, 15) is 14.3 Å². The van der Waals surface area contributed by atoms with E-state index >= 15 is 0 Å². The van der Waals surface area contributed by atoms with Crippen LogP contribution in [0.1, 0.15) is 27.5 Å². The number of anilines is 1. The number of aromatic nitrogens is 1. The van der Waals surface area contributed by atoms with Crippen LogP contribution in [0.3, 0.4) is 0 Å². The highest BCUT2D eigenvalue weighted by atomic mass is 35.5. The zero-order valence-corrected chi connectivity index (χ0v) is 15.5. The Kier molecular flexibility index (Phi) is 4.98. The standard InChI is InChI=1S/C21H17ClFN3O2/c22-14-2-4-15(18(23)8-14)12-1-3-16-13(7-12)9-25-20(16)11-26-19-10-24-6-5-17(19)21(27)28/h1-8,10,20,25-26H,9,11H2,(H,27,28)/t20-/m0/s1. The van der Waals surface area contributed by atoms with Crippen molar-refractivity contribution >= 4 is 23.3 Å². The molecule has 1 atom stereocenters. The molecule has 0 bridgehead atoms. The Morgan fingerprint density at radius 3 is 2.93 bits per heavy atom. The van der Waals surface area contributed by atoms with Gasteiger partial charge in [-0.3, -0.25) is 4.98 Å². The van der Waals surface area contributed by atoms with Crippen LogP contribution in [0.2, 0.25) is 5.02 Å². The van der Waals surface area contributed by atoms with Crippen LogP contribution in [0, 0.1) is 5.82 Å². The zero-order valence-electron chi connectivity index (χ0n) is 14.7. The summed E-state index contributed by atoms with van der Waals surface area (Å²) in [4.78, 5) is 15.3. The lowest BCUT2D eigenvalue weighted by atomic mass is 9.98. The molecule has 1 aliphatic rings. The van der Waals surface area contributed by atoms with Gasteiger partial charge in [0, 0.05) is 29.9 Å². The van der Waals surface area contributed by atoms with Crippen molar-refractivity contribution < 1.29 is 14.3 Å². The van der Waals surface area contributed by atoms with Crippen LogP contribution in [-0.4, -0.2) is 22.6 Å². The second-order valence-corrected chi connectivity index (χ2v) is 7.01. The molecule has 7 heteroatoms. The summed E-state index contributed by atoms with van der Waals surface area (Å²) >= 11 is 5.84. The molecule has 0 unspecified atom stereocenters. The minimum atomic E-state index is -1.00. The van der Waals surface area contributed by atoms with Crippen LogP contribution in [0.5, 0.6) is 0 Å². The number of hydrogen-bond donors (Lipinski definition) is 3.